The van der Waals surface area contributed by atoms with Crippen molar-refractivity contribution in [3.63, 3.8) is 0 Å². The second kappa shape index (κ2) is 5.95. The highest BCUT2D eigenvalue weighted by molar-refractivity contribution is 14.1. The predicted molar refractivity (Wildman–Crippen MR) is 82.5 cm³/mol. The van der Waals surface area contributed by atoms with E-state index in [1.54, 1.807) is 6.20 Å². The zero-order chi connectivity index (χ0) is 13.1. The Balaban J connectivity index is 2.15. The minimum atomic E-state index is -0.683. The fourth-order valence-electron chi connectivity index (χ4n) is 1.61. The van der Waals surface area contributed by atoms with Crippen molar-refractivity contribution in [3.8, 4) is 0 Å². The van der Waals surface area contributed by atoms with E-state index in [2.05, 4.69) is 60.6 Å². The molecule has 18 heavy (non-hydrogen) atoms. The molecule has 0 spiro atoms. The van der Waals surface area contributed by atoms with E-state index < -0.39 is 5.03 Å². The SMILES string of the molecule is O=[N+]([O-])N=C1NCCN1Cc1cnc(I)cc1I. The molecule has 96 valence electrons. The first-order valence-electron chi connectivity index (χ1n) is 5.08. The Bertz CT molecular complexity index is 508. The van der Waals surface area contributed by atoms with E-state index in [4.69, 9.17) is 0 Å². The molecule has 0 aromatic carbocycles. The molecule has 1 aliphatic rings. The molecule has 1 aromatic rings. The molecule has 0 bridgehead atoms. The lowest BCUT2D eigenvalue weighted by Gasteiger charge is -2.16. The van der Waals surface area contributed by atoms with E-state index in [1.165, 1.54) is 0 Å². The van der Waals surface area contributed by atoms with E-state index in [0.29, 0.717) is 25.6 Å². The van der Waals surface area contributed by atoms with Crippen molar-refractivity contribution in [2.75, 3.05) is 13.1 Å². The van der Waals surface area contributed by atoms with Crippen LogP contribution in [0.5, 0.6) is 0 Å². The van der Waals surface area contributed by atoms with Gasteiger partial charge < -0.3 is 10.2 Å². The third kappa shape index (κ3) is 3.40. The number of aromatic nitrogens is 1. The van der Waals surface area contributed by atoms with Crippen LogP contribution in [0.2, 0.25) is 0 Å². The number of hydrogen-bond acceptors (Lipinski definition) is 3. The largest absolute Gasteiger partial charge is 0.349 e. The van der Waals surface area contributed by atoms with E-state index in [1.807, 2.05) is 11.0 Å². The molecular formula is C9H9I2N5O2. The summed E-state index contributed by atoms with van der Waals surface area (Å²) in [7, 11) is 0. The molecule has 0 atom stereocenters. The Hall–Kier alpha value is -0.720. The minimum absolute atomic E-state index is 0.314. The van der Waals surface area contributed by atoms with Gasteiger partial charge in [0.1, 0.15) is 8.80 Å². The number of pyridine rings is 1. The van der Waals surface area contributed by atoms with Crippen molar-refractivity contribution in [2.24, 2.45) is 5.10 Å². The van der Waals surface area contributed by atoms with Crippen LogP contribution in [0.15, 0.2) is 17.4 Å². The van der Waals surface area contributed by atoms with Crippen molar-refractivity contribution in [2.45, 2.75) is 6.54 Å². The smallest absolute Gasteiger partial charge is 0.271 e. The lowest BCUT2D eigenvalue weighted by molar-refractivity contribution is -0.485. The molecule has 7 nitrogen and oxygen atoms in total. The average molecular weight is 473 g/mol. The summed E-state index contributed by atoms with van der Waals surface area (Å²) in [6, 6.07) is 1.98. The van der Waals surface area contributed by atoms with Crippen LogP contribution in [0.1, 0.15) is 5.56 Å². The number of hydrazone groups is 1. The summed E-state index contributed by atoms with van der Waals surface area (Å²) in [6.07, 6.45) is 1.80. The second-order valence-electron chi connectivity index (χ2n) is 3.61. The summed E-state index contributed by atoms with van der Waals surface area (Å²) >= 11 is 4.39. The molecule has 2 heterocycles. The maximum absolute atomic E-state index is 10.4. The van der Waals surface area contributed by atoms with Crippen LogP contribution in [0.4, 0.5) is 0 Å². The Morgan fingerprint density at radius 1 is 1.61 bits per heavy atom. The molecule has 0 radical (unpaired) electrons. The van der Waals surface area contributed by atoms with Crippen molar-refractivity contribution < 1.29 is 5.03 Å². The molecule has 0 aliphatic carbocycles. The number of nitrogens with one attached hydrogen (secondary N) is 1. The highest BCUT2D eigenvalue weighted by atomic mass is 127. The van der Waals surface area contributed by atoms with Gasteiger partial charge in [0, 0.05) is 35.0 Å². The third-order valence-electron chi connectivity index (χ3n) is 2.40. The highest BCUT2D eigenvalue weighted by Gasteiger charge is 2.22. The maximum atomic E-state index is 10.4. The summed E-state index contributed by atoms with van der Waals surface area (Å²) in [4.78, 5) is 16.5. The average Bonchev–Trinajstić information content (AvgIpc) is 2.69. The molecule has 1 saturated heterocycles. The maximum Gasteiger partial charge on any atom is 0.271 e. The van der Waals surface area contributed by atoms with Crippen LogP contribution in [0.3, 0.4) is 0 Å². The number of nitrogens with zero attached hydrogens (tertiary/aromatic N) is 4. The van der Waals surface area contributed by atoms with Gasteiger partial charge in [-0.05, 0) is 51.2 Å². The monoisotopic (exact) mass is 473 g/mol. The van der Waals surface area contributed by atoms with Crippen LogP contribution >= 0.6 is 45.2 Å². The van der Waals surface area contributed by atoms with E-state index in [-0.39, 0.29) is 0 Å². The quantitative estimate of drug-likeness (QED) is 0.310. The summed E-state index contributed by atoms with van der Waals surface area (Å²) in [6.45, 7) is 1.94. The van der Waals surface area contributed by atoms with Gasteiger partial charge in [0.25, 0.3) is 5.96 Å². The van der Waals surface area contributed by atoms with Gasteiger partial charge in [-0.25, -0.2) is 15.1 Å². The van der Waals surface area contributed by atoms with Crippen LogP contribution in [0.25, 0.3) is 0 Å². The molecule has 1 fully saturated rings. The normalized spacial score (nSPS) is 17.0. The van der Waals surface area contributed by atoms with Crippen molar-refractivity contribution >= 4 is 51.1 Å². The molecule has 0 saturated carbocycles. The molecule has 2 rings (SSSR count). The van der Waals surface area contributed by atoms with E-state index in [9.17, 15) is 10.1 Å². The van der Waals surface area contributed by atoms with Crippen LogP contribution in [-0.4, -0.2) is 34.0 Å². The number of guanidine groups is 1. The first-order chi connectivity index (χ1) is 8.56. The van der Waals surface area contributed by atoms with Gasteiger partial charge in [-0.2, -0.15) is 0 Å². The van der Waals surface area contributed by atoms with Gasteiger partial charge in [-0.15, -0.1) is 0 Å². The van der Waals surface area contributed by atoms with Crippen molar-refractivity contribution in [1.82, 2.24) is 15.2 Å². The number of rotatable bonds is 3. The van der Waals surface area contributed by atoms with Crippen LogP contribution < -0.4 is 5.32 Å². The fraction of sp³-hybridized carbons (Fsp3) is 0.333. The molecule has 1 aliphatic heterocycles. The Kier molecular flexibility index (Phi) is 4.53. The van der Waals surface area contributed by atoms with Crippen molar-refractivity contribution in [1.29, 1.82) is 0 Å². The molecule has 9 heteroatoms. The van der Waals surface area contributed by atoms with Gasteiger partial charge in [0.05, 0.1) is 0 Å². The second-order valence-corrected chi connectivity index (χ2v) is 5.88. The fourth-order valence-corrected chi connectivity index (χ4v) is 3.26. The molecule has 0 unspecified atom stereocenters. The van der Waals surface area contributed by atoms with Gasteiger partial charge in [0.15, 0.2) is 5.03 Å². The summed E-state index contributed by atoms with van der Waals surface area (Å²) in [5.74, 6) is 0.314. The predicted octanol–water partition coefficient (Wildman–Crippen LogP) is 1.24. The summed E-state index contributed by atoms with van der Waals surface area (Å²) in [5.41, 5.74) is 1.04. The number of hydrogen-bond donors (Lipinski definition) is 1. The highest BCUT2D eigenvalue weighted by Crippen LogP contribution is 2.16. The molecule has 0 amide bonds. The first kappa shape index (κ1) is 13.7. The molecule has 1 aromatic heterocycles. The topological polar surface area (TPSA) is 83.7 Å². The lowest BCUT2D eigenvalue weighted by Crippen LogP contribution is -2.30. The zero-order valence-corrected chi connectivity index (χ0v) is 13.5. The van der Waals surface area contributed by atoms with Gasteiger partial charge >= 0.3 is 0 Å². The van der Waals surface area contributed by atoms with Crippen LogP contribution in [-0.2, 0) is 6.54 Å². The zero-order valence-electron chi connectivity index (χ0n) is 9.14. The molecule has 1 N–H and O–H groups in total. The lowest BCUT2D eigenvalue weighted by atomic mass is 10.3. The van der Waals surface area contributed by atoms with Gasteiger partial charge in [-0.3, -0.25) is 0 Å². The Morgan fingerprint density at radius 2 is 2.39 bits per heavy atom. The summed E-state index contributed by atoms with van der Waals surface area (Å²) in [5, 5.41) is 15.9. The van der Waals surface area contributed by atoms with Gasteiger partial charge in [0.2, 0.25) is 0 Å². The Morgan fingerprint density at radius 3 is 3.06 bits per heavy atom. The first-order valence-corrected chi connectivity index (χ1v) is 7.24. The van der Waals surface area contributed by atoms with E-state index >= 15 is 0 Å². The third-order valence-corrected chi connectivity index (χ3v) is 3.99. The van der Waals surface area contributed by atoms with Crippen LogP contribution in [0, 0.1) is 17.4 Å². The Labute approximate surface area is 130 Å². The number of halogens is 2. The molecular weight excluding hydrogens is 464 g/mol. The minimum Gasteiger partial charge on any atom is -0.349 e. The summed E-state index contributed by atoms with van der Waals surface area (Å²) < 4.78 is 2.03. The van der Waals surface area contributed by atoms with Gasteiger partial charge in [-0.1, -0.05) is 0 Å². The standard InChI is InChI=1S/C9H9I2N5O2/c10-7-3-8(11)13-4-6(7)5-15-2-1-12-9(15)14-16(17)18/h3-4H,1-2,5H2,(H,12,14). The van der Waals surface area contributed by atoms with E-state index in [0.717, 1.165) is 12.8 Å². The van der Waals surface area contributed by atoms with Crippen molar-refractivity contribution in [3.05, 3.63) is 35.2 Å². The number of nitro groups is 1.